The lowest BCUT2D eigenvalue weighted by Crippen LogP contribution is -2.10. The van der Waals surface area contributed by atoms with Crippen molar-refractivity contribution >= 4 is 82.4 Å². The second-order valence-corrected chi connectivity index (χ2v) is 18.4. The minimum absolute atomic E-state index is 0.887. The van der Waals surface area contributed by atoms with E-state index in [0.717, 1.165) is 72.5 Å². The van der Waals surface area contributed by atoms with E-state index in [0.29, 0.717) is 0 Å². The normalized spacial score (nSPS) is 11.7. The molecular weight excluding hydrogens is 861 g/mol. The SMILES string of the molecule is c1cc(-c2cc3ccccc3c3ccccc23)cc(N(c2ccc(-c3ccc(-c4cccc(-n5c6ccccc6c6ccccc65)c4)cc3)cc2)c2cccc(-c3cccc4oc5ccccc5c34)c2)c1. The van der Waals surface area contributed by atoms with Crippen molar-refractivity contribution in [2.24, 2.45) is 0 Å². The summed E-state index contributed by atoms with van der Waals surface area (Å²) < 4.78 is 8.73. The number of hydrogen-bond acceptors (Lipinski definition) is 2. The lowest BCUT2D eigenvalue weighted by molar-refractivity contribution is 0.669. The third-order valence-electron chi connectivity index (χ3n) is 14.4. The molecule has 14 rings (SSSR count). The molecule has 0 radical (unpaired) electrons. The third kappa shape index (κ3) is 6.89. The van der Waals surface area contributed by atoms with Crippen LogP contribution in [0.1, 0.15) is 0 Å². The Labute approximate surface area is 411 Å². The van der Waals surface area contributed by atoms with Gasteiger partial charge in [-0.05, 0) is 145 Å². The average Bonchev–Trinajstić information content (AvgIpc) is 4.00. The highest BCUT2D eigenvalue weighted by Gasteiger charge is 2.19. The Morgan fingerprint density at radius 3 is 1.49 bits per heavy atom. The summed E-state index contributed by atoms with van der Waals surface area (Å²) in [6.07, 6.45) is 0. The van der Waals surface area contributed by atoms with Gasteiger partial charge in [-0.3, -0.25) is 0 Å². The molecular formula is C68H44N2O. The van der Waals surface area contributed by atoms with Gasteiger partial charge in [0.05, 0.1) is 11.0 Å². The molecule has 0 unspecified atom stereocenters. The summed E-state index contributed by atoms with van der Waals surface area (Å²) >= 11 is 0. The number of furan rings is 1. The van der Waals surface area contributed by atoms with Crippen LogP contribution in [0.25, 0.3) is 115 Å². The average molecular weight is 905 g/mol. The monoisotopic (exact) mass is 904 g/mol. The van der Waals surface area contributed by atoms with Gasteiger partial charge in [-0.2, -0.15) is 0 Å². The van der Waals surface area contributed by atoms with Gasteiger partial charge in [-0.1, -0.05) is 188 Å². The molecule has 3 heteroatoms. The zero-order valence-corrected chi connectivity index (χ0v) is 38.7. The van der Waals surface area contributed by atoms with Crippen LogP contribution in [-0.2, 0) is 0 Å². The third-order valence-corrected chi connectivity index (χ3v) is 14.4. The van der Waals surface area contributed by atoms with Crippen LogP contribution in [0.3, 0.4) is 0 Å². The molecule has 0 aliphatic heterocycles. The van der Waals surface area contributed by atoms with Gasteiger partial charge < -0.3 is 13.9 Å². The Kier molecular flexibility index (Phi) is 9.53. The van der Waals surface area contributed by atoms with Crippen molar-refractivity contribution in [3.05, 3.63) is 267 Å². The largest absolute Gasteiger partial charge is 0.456 e. The Morgan fingerprint density at radius 1 is 0.282 bits per heavy atom. The van der Waals surface area contributed by atoms with Gasteiger partial charge in [0.1, 0.15) is 11.2 Å². The van der Waals surface area contributed by atoms with Crippen molar-refractivity contribution in [3.8, 4) is 50.2 Å². The molecule has 0 amide bonds. The predicted molar refractivity (Wildman–Crippen MR) is 299 cm³/mol. The minimum Gasteiger partial charge on any atom is -0.456 e. The van der Waals surface area contributed by atoms with Gasteiger partial charge in [0.2, 0.25) is 0 Å². The highest BCUT2D eigenvalue weighted by molar-refractivity contribution is 6.15. The molecule has 71 heavy (non-hydrogen) atoms. The first-order chi connectivity index (χ1) is 35.2. The summed E-state index contributed by atoms with van der Waals surface area (Å²) in [6, 6.07) is 96.7. The molecule has 0 N–H and O–H groups in total. The summed E-state index contributed by atoms with van der Waals surface area (Å²) in [5, 5.41) is 9.77. The van der Waals surface area contributed by atoms with Gasteiger partial charge in [-0.15, -0.1) is 0 Å². The number of benzene rings is 12. The molecule has 0 fully saturated rings. The number of rotatable bonds is 8. The molecule has 332 valence electrons. The highest BCUT2D eigenvalue weighted by Crippen LogP contribution is 2.43. The summed E-state index contributed by atoms with van der Waals surface area (Å²) in [7, 11) is 0. The molecule has 0 saturated heterocycles. The van der Waals surface area contributed by atoms with Crippen LogP contribution < -0.4 is 4.90 Å². The molecule has 12 aromatic carbocycles. The fraction of sp³-hybridized carbons (Fsp3) is 0. The number of para-hydroxylation sites is 3. The lowest BCUT2D eigenvalue weighted by atomic mass is 9.93. The van der Waals surface area contributed by atoms with Gasteiger partial charge in [0.25, 0.3) is 0 Å². The van der Waals surface area contributed by atoms with Crippen molar-refractivity contribution < 1.29 is 4.42 Å². The standard InChI is InChI=1S/C68H44N2O/c1-2-22-56-51(15-1)44-63(59-24-4-3-23-58(56)59)50-18-13-20-54(43-50)69(53-19-12-17-49(42-53)57-28-14-32-67-68(57)62-27-7-10-31-66(62)71-67)52-39-37-46(38-40-52)45-33-35-47(36-34-45)48-16-11-21-55(41-48)70-64-29-8-5-25-60(64)61-26-6-9-30-65(61)70/h1-44H. The number of hydrogen-bond donors (Lipinski definition) is 0. The van der Waals surface area contributed by atoms with Crippen molar-refractivity contribution in [1.29, 1.82) is 0 Å². The Morgan fingerprint density at radius 2 is 0.789 bits per heavy atom. The van der Waals surface area contributed by atoms with Crippen molar-refractivity contribution in [3.63, 3.8) is 0 Å². The maximum Gasteiger partial charge on any atom is 0.136 e. The van der Waals surface area contributed by atoms with E-state index in [4.69, 9.17) is 4.42 Å². The van der Waals surface area contributed by atoms with Gasteiger partial charge in [0, 0.05) is 44.3 Å². The molecule has 0 aliphatic rings. The molecule has 2 heterocycles. The van der Waals surface area contributed by atoms with E-state index < -0.39 is 0 Å². The number of nitrogens with zero attached hydrogens (tertiary/aromatic N) is 2. The van der Waals surface area contributed by atoms with Crippen LogP contribution >= 0.6 is 0 Å². The summed E-state index contributed by atoms with van der Waals surface area (Å²) in [5.74, 6) is 0. The van der Waals surface area contributed by atoms with Gasteiger partial charge in [-0.25, -0.2) is 0 Å². The van der Waals surface area contributed by atoms with Crippen molar-refractivity contribution in [1.82, 2.24) is 4.57 Å². The quantitative estimate of drug-likeness (QED) is 0.142. The molecule has 0 atom stereocenters. The highest BCUT2D eigenvalue weighted by atomic mass is 16.3. The summed E-state index contributed by atoms with van der Waals surface area (Å²) in [4.78, 5) is 2.39. The maximum atomic E-state index is 6.35. The molecule has 14 aromatic rings. The Hall–Kier alpha value is -9.44. The second-order valence-electron chi connectivity index (χ2n) is 18.4. The van der Waals surface area contributed by atoms with E-state index in [2.05, 4.69) is 264 Å². The van der Waals surface area contributed by atoms with Crippen molar-refractivity contribution in [2.75, 3.05) is 4.90 Å². The zero-order chi connectivity index (χ0) is 46.8. The molecule has 2 aromatic heterocycles. The molecule has 0 spiro atoms. The van der Waals surface area contributed by atoms with Crippen LogP contribution in [-0.4, -0.2) is 4.57 Å². The fourth-order valence-electron chi connectivity index (χ4n) is 11.1. The smallest absolute Gasteiger partial charge is 0.136 e. The van der Waals surface area contributed by atoms with Gasteiger partial charge >= 0.3 is 0 Å². The number of aromatic nitrogens is 1. The van der Waals surface area contributed by atoms with Crippen molar-refractivity contribution in [2.45, 2.75) is 0 Å². The number of anilines is 3. The van der Waals surface area contributed by atoms with E-state index in [-0.39, 0.29) is 0 Å². The van der Waals surface area contributed by atoms with E-state index in [1.807, 2.05) is 12.1 Å². The van der Waals surface area contributed by atoms with Crippen LogP contribution in [0.15, 0.2) is 271 Å². The lowest BCUT2D eigenvalue weighted by Gasteiger charge is -2.27. The van der Waals surface area contributed by atoms with E-state index in [1.165, 1.54) is 60.0 Å². The number of fused-ring (bicyclic) bond motifs is 9. The first kappa shape index (κ1) is 40.6. The fourth-order valence-corrected chi connectivity index (χ4v) is 11.1. The minimum atomic E-state index is 0.887. The van der Waals surface area contributed by atoms with Gasteiger partial charge in [0.15, 0.2) is 0 Å². The first-order valence-electron chi connectivity index (χ1n) is 24.3. The molecule has 0 bridgehead atoms. The van der Waals surface area contributed by atoms with E-state index in [1.54, 1.807) is 0 Å². The predicted octanol–water partition coefficient (Wildman–Crippen LogP) is 19.1. The topological polar surface area (TPSA) is 21.3 Å². The second kappa shape index (κ2) is 16.7. The molecule has 0 aliphatic carbocycles. The maximum absolute atomic E-state index is 6.35. The molecule has 0 saturated carbocycles. The zero-order valence-electron chi connectivity index (χ0n) is 38.7. The summed E-state index contributed by atoms with van der Waals surface area (Å²) in [5.41, 5.74) is 17.9. The molecule has 3 nitrogen and oxygen atoms in total. The van der Waals surface area contributed by atoms with Crippen LogP contribution in [0.2, 0.25) is 0 Å². The Balaban J connectivity index is 0.849. The van der Waals surface area contributed by atoms with Crippen LogP contribution in [0.4, 0.5) is 17.1 Å². The van der Waals surface area contributed by atoms with E-state index in [9.17, 15) is 0 Å². The van der Waals surface area contributed by atoms with Crippen LogP contribution in [0, 0.1) is 0 Å². The first-order valence-corrected chi connectivity index (χ1v) is 24.3. The summed E-state index contributed by atoms with van der Waals surface area (Å²) in [6.45, 7) is 0. The Bertz CT molecular complexity index is 4290. The van der Waals surface area contributed by atoms with Crippen LogP contribution in [0.5, 0.6) is 0 Å². The van der Waals surface area contributed by atoms with E-state index >= 15 is 0 Å².